The first kappa shape index (κ1) is 10.2. The van der Waals surface area contributed by atoms with Gasteiger partial charge in [0, 0.05) is 13.1 Å². The van der Waals surface area contributed by atoms with Gasteiger partial charge >= 0.3 is 5.69 Å². The van der Waals surface area contributed by atoms with Gasteiger partial charge in [0.15, 0.2) is 0 Å². The molecule has 17 heavy (non-hydrogen) atoms. The maximum Gasteiger partial charge on any atom is 0.329 e. The molecule has 0 unspecified atom stereocenters. The van der Waals surface area contributed by atoms with E-state index in [-0.39, 0.29) is 17.1 Å². The summed E-state index contributed by atoms with van der Waals surface area (Å²) in [7, 11) is 0. The number of hydrogen-bond acceptors (Lipinski definition) is 3. The van der Waals surface area contributed by atoms with Crippen LogP contribution in [0.2, 0.25) is 0 Å². The fraction of sp³-hybridized carbons (Fsp3) is 0.273. The van der Waals surface area contributed by atoms with E-state index in [4.69, 9.17) is 0 Å². The average Bonchev–Trinajstić information content (AvgIpc) is 2.20. The molecule has 1 fully saturated rings. The number of aromatic amines is 1. The Labute approximate surface area is 94.9 Å². The van der Waals surface area contributed by atoms with Crippen LogP contribution in [0.25, 0.3) is 10.9 Å². The van der Waals surface area contributed by atoms with E-state index in [0.717, 1.165) is 6.07 Å². The number of hydrogen-bond donors (Lipinski definition) is 2. The summed E-state index contributed by atoms with van der Waals surface area (Å²) >= 11 is 0. The minimum atomic E-state index is -0.486. The van der Waals surface area contributed by atoms with Crippen LogP contribution in [0.1, 0.15) is 6.04 Å². The van der Waals surface area contributed by atoms with Gasteiger partial charge in [-0.3, -0.25) is 9.36 Å². The van der Waals surface area contributed by atoms with Crippen molar-refractivity contribution in [1.29, 1.82) is 0 Å². The molecule has 1 aromatic heterocycles. The van der Waals surface area contributed by atoms with E-state index in [1.165, 1.54) is 16.7 Å². The van der Waals surface area contributed by atoms with Crippen molar-refractivity contribution in [3.8, 4) is 0 Å². The Bertz CT molecular complexity index is 700. The Morgan fingerprint density at radius 2 is 2.06 bits per heavy atom. The van der Waals surface area contributed by atoms with E-state index in [1.54, 1.807) is 0 Å². The third-order valence-electron chi connectivity index (χ3n) is 3.02. The van der Waals surface area contributed by atoms with Crippen LogP contribution in [-0.2, 0) is 0 Å². The second kappa shape index (κ2) is 3.53. The fourth-order valence-corrected chi connectivity index (χ4v) is 1.99. The highest BCUT2D eigenvalue weighted by atomic mass is 19.1. The van der Waals surface area contributed by atoms with E-state index >= 15 is 0 Å². The molecule has 2 aromatic rings. The molecule has 2 heterocycles. The van der Waals surface area contributed by atoms with Gasteiger partial charge in [-0.25, -0.2) is 9.18 Å². The van der Waals surface area contributed by atoms with Crippen molar-refractivity contribution in [2.75, 3.05) is 13.1 Å². The van der Waals surface area contributed by atoms with E-state index in [0.29, 0.717) is 18.5 Å². The number of fused-ring (bicyclic) bond motifs is 1. The summed E-state index contributed by atoms with van der Waals surface area (Å²) in [4.78, 5) is 26.4. The molecule has 0 atom stereocenters. The molecule has 1 saturated heterocycles. The maximum absolute atomic E-state index is 13.0. The molecule has 6 heteroatoms. The van der Waals surface area contributed by atoms with Gasteiger partial charge in [0.1, 0.15) is 5.82 Å². The van der Waals surface area contributed by atoms with Gasteiger partial charge in [-0.15, -0.1) is 0 Å². The minimum absolute atomic E-state index is 0.110. The predicted octanol–water partition coefficient (Wildman–Crippen LogP) is -0.0268. The summed E-state index contributed by atoms with van der Waals surface area (Å²) in [5.74, 6) is -0.476. The largest absolute Gasteiger partial charge is 0.329 e. The van der Waals surface area contributed by atoms with Gasteiger partial charge in [0.25, 0.3) is 5.56 Å². The van der Waals surface area contributed by atoms with Gasteiger partial charge in [-0.05, 0) is 18.2 Å². The number of benzene rings is 1. The number of nitrogens with one attached hydrogen (secondary N) is 2. The SMILES string of the molecule is O=c1[nH]c2cc(F)ccc2c(=O)n1C1CNC1. The number of aromatic nitrogens is 2. The van der Waals surface area contributed by atoms with Crippen molar-refractivity contribution < 1.29 is 4.39 Å². The first-order valence-corrected chi connectivity index (χ1v) is 5.31. The van der Waals surface area contributed by atoms with Crippen molar-refractivity contribution in [2.45, 2.75) is 6.04 Å². The number of H-pyrrole nitrogens is 1. The van der Waals surface area contributed by atoms with Crippen LogP contribution in [0, 0.1) is 5.82 Å². The number of halogens is 1. The molecule has 0 spiro atoms. The molecule has 0 bridgehead atoms. The van der Waals surface area contributed by atoms with Crippen molar-refractivity contribution in [3.05, 3.63) is 44.9 Å². The van der Waals surface area contributed by atoms with E-state index < -0.39 is 11.5 Å². The van der Waals surface area contributed by atoms with Crippen LogP contribution >= 0.6 is 0 Å². The van der Waals surface area contributed by atoms with E-state index in [2.05, 4.69) is 10.3 Å². The molecule has 2 N–H and O–H groups in total. The highest BCUT2D eigenvalue weighted by Crippen LogP contribution is 2.10. The molecule has 0 saturated carbocycles. The minimum Gasteiger partial charge on any atom is -0.312 e. The molecular weight excluding hydrogens is 225 g/mol. The molecule has 0 aliphatic carbocycles. The van der Waals surface area contributed by atoms with Crippen LogP contribution in [-0.4, -0.2) is 22.6 Å². The number of nitrogens with zero attached hydrogens (tertiary/aromatic N) is 1. The smallest absolute Gasteiger partial charge is 0.312 e. The normalized spacial score (nSPS) is 16.1. The Balaban J connectivity index is 2.35. The van der Waals surface area contributed by atoms with Gasteiger partial charge in [0.2, 0.25) is 0 Å². The molecule has 0 amide bonds. The molecule has 0 radical (unpaired) electrons. The topological polar surface area (TPSA) is 66.9 Å². The van der Waals surface area contributed by atoms with Crippen LogP contribution in [0.5, 0.6) is 0 Å². The van der Waals surface area contributed by atoms with Gasteiger partial charge < -0.3 is 10.3 Å². The highest BCUT2D eigenvalue weighted by molar-refractivity contribution is 5.77. The zero-order valence-electron chi connectivity index (χ0n) is 8.87. The lowest BCUT2D eigenvalue weighted by Crippen LogP contribution is -2.51. The Morgan fingerprint density at radius 3 is 2.71 bits per heavy atom. The van der Waals surface area contributed by atoms with Crippen molar-refractivity contribution >= 4 is 10.9 Å². The molecule has 1 aliphatic rings. The molecule has 1 aromatic carbocycles. The first-order valence-electron chi connectivity index (χ1n) is 5.31. The summed E-state index contributed by atoms with van der Waals surface area (Å²) in [6.45, 7) is 1.21. The van der Waals surface area contributed by atoms with Crippen LogP contribution < -0.4 is 16.6 Å². The zero-order chi connectivity index (χ0) is 12.0. The highest BCUT2D eigenvalue weighted by Gasteiger charge is 2.23. The van der Waals surface area contributed by atoms with Crippen molar-refractivity contribution in [3.63, 3.8) is 0 Å². The van der Waals surface area contributed by atoms with E-state index in [9.17, 15) is 14.0 Å². The lowest BCUT2D eigenvalue weighted by molar-refractivity contribution is 0.327. The molecular formula is C11H10FN3O2. The Kier molecular flexibility index (Phi) is 2.12. The Hall–Kier alpha value is -1.95. The lowest BCUT2D eigenvalue weighted by atomic mass is 10.1. The second-order valence-corrected chi connectivity index (χ2v) is 4.11. The quantitative estimate of drug-likeness (QED) is 0.729. The van der Waals surface area contributed by atoms with Gasteiger partial charge in [0.05, 0.1) is 16.9 Å². The summed E-state index contributed by atoms with van der Waals surface area (Å²) in [5.41, 5.74) is -0.613. The molecule has 88 valence electrons. The summed E-state index contributed by atoms with van der Waals surface area (Å²) in [6, 6.07) is 3.65. The summed E-state index contributed by atoms with van der Waals surface area (Å²) in [5, 5.41) is 3.33. The first-order chi connectivity index (χ1) is 8.16. The molecule has 5 nitrogen and oxygen atoms in total. The third kappa shape index (κ3) is 1.49. The molecule has 1 aliphatic heterocycles. The van der Waals surface area contributed by atoms with E-state index in [1.807, 2.05) is 0 Å². The fourth-order valence-electron chi connectivity index (χ4n) is 1.99. The third-order valence-corrected chi connectivity index (χ3v) is 3.02. The predicted molar refractivity (Wildman–Crippen MR) is 60.7 cm³/mol. The maximum atomic E-state index is 13.0. The summed E-state index contributed by atoms with van der Waals surface area (Å²) < 4.78 is 14.2. The van der Waals surface area contributed by atoms with Crippen LogP contribution in [0.3, 0.4) is 0 Å². The van der Waals surface area contributed by atoms with Crippen molar-refractivity contribution in [1.82, 2.24) is 14.9 Å². The number of rotatable bonds is 1. The second-order valence-electron chi connectivity index (χ2n) is 4.11. The Morgan fingerprint density at radius 1 is 1.29 bits per heavy atom. The lowest BCUT2D eigenvalue weighted by Gasteiger charge is -2.28. The average molecular weight is 235 g/mol. The zero-order valence-corrected chi connectivity index (χ0v) is 8.87. The van der Waals surface area contributed by atoms with Gasteiger partial charge in [-0.2, -0.15) is 0 Å². The standard InChI is InChI=1S/C11H10FN3O2/c12-6-1-2-8-9(3-6)14-11(17)15(10(8)16)7-4-13-5-7/h1-3,7,13H,4-5H2,(H,14,17). The van der Waals surface area contributed by atoms with Crippen LogP contribution in [0.15, 0.2) is 27.8 Å². The van der Waals surface area contributed by atoms with Crippen molar-refractivity contribution in [2.24, 2.45) is 0 Å². The monoisotopic (exact) mass is 235 g/mol. The summed E-state index contributed by atoms with van der Waals surface area (Å²) in [6.07, 6.45) is 0. The van der Waals surface area contributed by atoms with Gasteiger partial charge in [-0.1, -0.05) is 0 Å². The molecule has 3 rings (SSSR count). The van der Waals surface area contributed by atoms with Crippen LogP contribution in [0.4, 0.5) is 4.39 Å².